The second-order valence-electron chi connectivity index (χ2n) is 10.3. The van der Waals surface area contributed by atoms with Gasteiger partial charge in [-0.2, -0.15) is 11.3 Å². The highest BCUT2D eigenvalue weighted by atomic mass is 32.1. The Labute approximate surface area is 211 Å². The van der Waals surface area contributed by atoms with Crippen molar-refractivity contribution in [2.45, 2.75) is 64.8 Å². The van der Waals surface area contributed by atoms with Gasteiger partial charge in [0.15, 0.2) is 0 Å². The summed E-state index contributed by atoms with van der Waals surface area (Å²) in [7, 11) is 0. The number of nitrogens with zero attached hydrogens (tertiary/aromatic N) is 1. The van der Waals surface area contributed by atoms with E-state index in [-0.39, 0.29) is 5.41 Å². The lowest BCUT2D eigenvalue weighted by atomic mass is 9.87. The van der Waals surface area contributed by atoms with Gasteiger partial charge in [-0.1, -0.05) is 57.2 Å². The van der Waals surface area contributed by atoms with Gasteiger partial charge >= 0.3 is 0 Å². The van der Waals surface area contributed by atoms with Gasteiger partial charge in [0.1, 0.15) is 12.4 Å². The summed E-state index contributed by atoms with van der Waals surface area (Å²) < 4.78 is 6.18. The molecule has 0 aliphatic heterocycles. The van der Waals surface area contributed by atoms with Gasteiger partial charge in [-0.05, 0) is 86.5 Å². The number of rotatable bonds is 9. The number of thiophene rings is 2. The molecule has 1 saturated carbocycles. The molecule has 0 amide bonds. The predicted octanol–water partition coefficient (Wildman–Crippen LogP) is 8.52. The molecule has 4 aromatic rings. The van der Waals surface area contributed by atoms with Crippen LogP contribution in [0.15, 0.2) is 76.8 Å². The van der Waals surface area contributed by atoms with Crippen LogP contribution in [0.1, 0.15) is 55.2 Å². The summed E-state index contributed by atoms with van der Waals surface area (Å²) in [6, 6.07) is 23.0. The van der Waals surface area contributed by atoms with E-state index in [0.29, 0.717) is 12.6 Å². The van der Waals surface area contributed by atoms with Gasteiger partial charge in [-0.25, -0.2) is 0 Å². The Bertz CT molecular complexity index is 1200. The molecule has 2 nitrogen and oxygen atoms in total. The van der Waals surface area contributed by atoms with E-state index in [1.165, 1.54) is 45.5 Å². The Kier molecular flexibility index (Phi) is 6.91. The molecule has 0 spiro atoms. The molecule has 34 heavy (non-hydrogen) atoms. The fourth-order valence-corrected chi connectivity index (χ4v) is 5.73. The van der Waals surface area contributed by atoms with Crippen LogP contribution < -0.4 is 4.74 Å². The third-order valence-corrected chi connectivity index (χ3v) is 8.04. The molecule has 0 atom stereocenters. The molecule has 0 radical (unpaired) electrons. The largest absolute Gasteiger partial charge is 0.488 e. The van der Waals surface area contributed by atoms with E-state index in [1.807, 2.05) is 0 Å². The first-order chi connectivity index (χ1) is 16.4. The molecule has 176 valence electrons. The van der Waals surface area contributed by atoms with Crippen molar-refractivity contribution in [3.63, 3.8) is 0 Å². The predicted molar refractivity (Wildman–Crippen MR) is 146 cm³/mol. The fraction of sp³-hybridized carbons (Fsp3) is 0.333. The van der Waals surface area contributed by atoms with Gasteiger partial charge in [-0.15, -0.1) is 11.3 Å². The van der Waals surface area contributed by atoms with E-state index in [9.17, 15) is 0 Å². The molecule has 0 N–H and O–H groups in total. The first-order valence-electron chi connectivity index (χ1n) is 12.1. The van der Waals surface area contributed by atoms with Gasteiger partial charge in [0, 0.05) is 24.0 Å². The molecule has 0 bridgehead atoms. The molecule has 2 aromatic heterocycles. The molecule has 0 unspecified atom stereocenters. The highest BCUT2D eigenvalue weighted by Gasteiger charge is 2.29. The lowest BCUT2D eigenvalue weighted by molar-refractivity contribution is 0.245. The minimum atomic E-state index is 0.198. The molecular weight excluding hydrogens is 454 g/mol. The highest BCUT2D eigenvalue weighted by molar-refractivity contribution is 7.10. The smallest absolute Gasteiger partial charge is 0.122 e. The maximum absolute atomic E-state index is 6.18. The average molecular weight is 488 g/mol. The van der Waals surface area contributed by atoms with Gasteiger partial charge in [0.05, 0.1) is 0 Å². The second kappa shape index (κ2) is 10.1. The van der Waals surface area contributed by atoms with E-state index < -0.39 is 0 Å². The van der Waals surface area contributed by atoms with Crippen molar-refractivity contribution < 1.29 is 4.74 Å². The Hall–Kier alpha value is -2.40. The molecule has 1 aliphatic carbocycles. The third kappa shape index (κ3) is 5.99. The minimum absolute atomic E-state index is 0.198. The van der Waals surface area contributed by atoms with Crippen molar-refractivity contribution in [3.05, 3.63) is 98.4 Å². The summed E-state index contributed by atoms with van der Waals surface area (Å²) in [5.74, 6) is 0.952. The zero-order valence-corrected chi connectivity index (χ0v) is 21.9. The molecule has 2 aromatic carbocycles. The Balaban J connectivity index is 1.21. The van der Waals surface area contributed by atoms with Gasteiger partial charge in [0.25, 0.3) is 0 Å². The van der Waals surface area contributed by atoms with Crippen LogP contribution in [0.5, 0.6) is 5.75 Å². The molecule has 0 saturated heterocycles. The van der Waals surface area contributed by atoms with Gasteiger partial charge in [0.2, 0.25) is 0 Å². The number of ether oxygens (including phenoxy) is 1. The first kappa shape index (κ1) is 23.3. The van der Waals surface area contributed by atoms with Crippen molar-refractivity contribution in [2.24, 2.45) is 0 Å². The minimum Gasteiger partial charge on any atom is -0.488 e. The molecule has 2 heterocycles. The summed E-state index contributed by atoms with van der Waals surface area (Å²) in [5.41, 5.74) is 6.89. The average Bonchev–Trinajstić information content (AvgIpc) is 3.31. The summed E-state index contributed by atoms with van der Waals surface area (Å²) in [6.07, 6.45) is 2.61. The monoisotopic (exact) mass is 487 g/mol. The van der Waals surface area contributed by atoms with Crippen molar-refractivity contribution in [1.29, 1.82) is 0 Å². The lowest BCUT2D eigenvalue weighted by Gasteiger charge is -2.24. The maximum Gasteiger partial charge on any atom is 0.122 e. The van der Waals surface area contributed by atoms with Crippen LogP contribution in [0.2, 0.25) is 0 Å². The number of benzene rings is 2. The number of hydrogen-bond acceptors (Lipinski definition) is 4. The summed E-state index contributed by atoms with van der Waals surface area (Å²) in [6.45, 7) is 9.40. The van der Waals surface area contributed by atoms with Crippen LogP contribution in [-0.4, -0.2) is 10.9 Å². The Morgan fingerprint density at radius 2 is 1.68 bits per heavy atom. The van der Waals surface area contributed by atoms with Crippen molar-refractivity contribution in [1.82, 2.24) is 4.90 Å². The van der Waals surface area contributed by atoms with Crippen molar-refractivity contribution >= 4 is 22.7 Å². The van der Waals surface area contributed by atoms with E-state index >= 15 is 0 Å². The molecule has 1 fully saturated rings. The summed E-state index contributed by atoms with van der Waals surface area (Å²) in [4.78, 5) is 3.88. The molecule has 5 rings (SSSR count). The Morgan fingerprint density at radius 1 is 0.882 bits per heavy atom. The quantitative estimate of drug-likeness (QED) is 0.235. The van der Waals surface area contributed by atoms with Crippen LogP contribution in [0.3, 0.4) is 0 Å². The summed E-state index contributed by atoms with van der Waals surface area (Å²) >= 11 is 3.51. The zero-order chi connectivity index (χ0) is 23.5. The van der Waals surface area contributed by atoms with E-state index in [4.69, 9.17) is 4.74 Å². The number of hydrogen-bond donors (Lipinski definition) is 0. The molecule has 1 aliphatic rings. The van der Waals surface area contributed by atoms with Crippen molar-refractivity contribution in [3.8, 4) is 16.9 Å². The fourth-order valence-electron chi connectivity index (χ4n) is 4.26. The Morgan fingerprint density at radius 3 is 2.38 bits per heavy atom. The lowest BCUT2D eigenvalue weighted by Crippen LogP contribution is -2.25. The second-order valence-corrected chi connectivity index (χ2v) is 12.1. The standard InChI is InChI=1S/C30H33NOS2/c1-30(2,3)26-9-7-22(8-10-26)17-31(27-11-12-27)18-23-5-4-6-28(15-23)32-19-29-16-25(21-34-29)24-13-14-33-20-24/h4-10,13-16,20-21,27H,11-12,17-19H2,1-3H3. The SMILES string of the molecule is CC(C)(C)c1ccc(CN(Cc2cccc(OCc3cc(-c4ccsc4)cs3)c2)C2CC2)cc1. The van der Waals surface area contributed by atoms with Crippen LogP contribution in [-0.2, 0) is 25.1 Å². The van der Waals surface area contributed by atoms with Gasteiger partial charge in [-0.3, -0.25) is 4.90 Å². The van der Waals surface area contributed by atoms with Crippen LogP contribution in [0, 0.1) is 0 Å². The van der Waals surface area contributed by atoms with Crippen LogP contribution in [0.4, 0.5) is 0 Å². The van der Waals surface area contributed by atoms with Gasteiger partial charge < -0.3 is 4.74 Å². The zero-order valence-electron chi connectivity index (χ0n) is 20.3. The maximum atomic E-state index is 6.18. The first-order valence-corrected chi connectivity index (χ1v) is 13.9. The molecular formula is C30H33NOS2. The van der Waals surface area contributed by atoms with Crippen molar-refractivity contribution in [2.75, 3.05) is 0 Å². The molecule has 4 heteroatoms. The van der Waals surface area contributed by atoms with Crippen LogP contribution >= 0.6 is 22.7 Å². The van der Waals surface area contributed by atoms with E-state index in [1.54, 1.807) is 22.7 Å². The topological polar surface area (TPSA) is 12.5 Å². The van der Waals surface area contributed by atoms with E-state index in [0.717, 1.165) is 18.8 Å². The highest BCUT2D eigenvalue weighted by Crippen LogP contribution is 2.32. The van der Waals surface area contributed by atoms with Crippen LogP contribution in [0.25, 0.3) is 11.1 Å². The third-order valence-electron chi connectivity index (χ3n) is 6.44. The summed E-state index contributed by atoms with van der Waals surface area (Å²) in [5, 5.41) is 6.54. The normalized spacial score (nSPS) is 14.0. The van der Waals surface area contributed by atoms with E-state index in [2.05, 4.69) is 102 Å².